The standard InChI is InChI=1S/C13H14F3NO3/c14-13(15,16)10-3-1-9(2-4-10)7-17-5-6-20-8-11(17)12(18)19/h1-4,11H,5-8H2,(H,18,19). The Morgan fingerprint density at radius 3 is 2.55 bits per heavy atom. The van der Waals surface area contributed by atoms with Gasteiger partial charge < -0.3 is 9.84 Å². The molecule has 0 spiro atoms. The topological polar surface area (TPSA) is 49.8 Å². The summed E-state index contributed by atoms with van der Waals surface area (Å²) >= 11 is 0. The van der Waals surface area contributed by atoms with Gasteiger partial charge in [0, 0.05) is 13.1 Å². The average molecular weight is 289 g/mol. The molecule has 0 amide bonds. The van der Waals surface area contributed by atoms with Gasteiger partial charge in [0.25, 0.3) is 0 Å². The van der Waals surface area contributed by atoms with Crippen molar-refractivity contribution in [3.05, 3.63) is 35.4 Å². The van der Waals surface area contributed by atoms with Gasteiger partial charge in [0.2, 0.25) is 0 Å². The van der Waals surface area contributed by atoms with E-state index in [1.54, 1.807) is 4.90 Å². The lowest BCUT2D eigenvalue weighted by Crippen LogP contribution is -2.49. The molecule has 1 saturated heterocycles. The maximum Gasteiger partial charge on any atom is 0.416 e. The number of nitrogens with zero attached hydrogens (tertiary/aromatic N) is 1. The zero-order chi connectivity index (χ0) is 14.8. The molecule has 2 rings (SSSR count). The molecule has 1 unspecified atom stereocenters. The Morgan fingerprint density at radius 2 is 2.00 bits per heavy atom. The van der Waals surface area contributed by atoms with Crippen LogP contribution in [-0.4, -0.2) is 41.8 Å². The molecule has 4 nitrogen and oxygen atoms in total. The lowest BCUT2D eigenvalue weighted by Gasteiger charge is -2.32. The van der Waals surface area contributed by atoms with Crippen molar-refractivity contribution in [3.8, 4) is 0 Å². The van der Waals surface area contributed by atoms with Gasteiger partial charge in [0.1, 0.15) is 6.04 Å². The monoisotopic (exact) mass is 289 g/mol. The van der Waals surface area contributed by atoms with E-state index in [1.807, 2.05) is 0 Å². The summed E-state index contributed by atoms with van der Waals surface area (Å²) in [6, 6.07) is 4.00. The van der Waals surface area contributed by atoms with Crippen molar-refractivity contribution in [2.75, 3.05) is 19.8 Å². The molecule has 1 aliphatic rings. The van der Waals surface area contributed by atoms with Crippen LogP contribution in [0.25, 0.3) is 0 Å². The number of carboxylic acid groups (broad SMARTS) is 1. The van der Waals surface area contributed by atoms with Gasteiger partial charge in [0.05, 0.1) is 18.8 Å². The summed E-state index contributed by atoms with van der Waals surface area (Å²) in [5.41, 5.74) is -0.0656. The summed E-state index contributed by atoms with van der Waals surface area (Å²) in [7, 11) is 0. The van der Waals surface area contributed by atoms with E-state index in [0.29, 0.717) is 25.3 Å². The predicted molar refractivity (Wildman–Crippen MR) is 64.1 cm³/mol. The van der Waals surface area contributed by atoms with E-state index < -0.39 is 23.8 Å². The molecule has 20 heavy (non-hydrogen) atoms. The summed E-state index contributed by atoms with van der Waals surface area (Å²) < 4.78 is 42.4. The maximum absolute atomic E-state index is 12.4. The van der Waals surface area contributed by atoms with E-state index in [1.165, 1.54) is 12.1 Å². The van der Waals surface area contributed by atoms with Crippen LogP contribution >= 0.6 is 0 Å². The van der Waals surface area contributed by atoms with Gasteiger partial charge in [-0.05, 0) is 17.7 Å². The Hall–Kier alpha value is -1.60. The van der Waals surface area contributed by atoms with Crippen LogP contribution in [-0.2, 0) is 22.3 Å². The zero-order valence-electron chi connectivity index (χ0n) is 10.6. The second-order valence-corrected chi connectivity index (χ2v) is 4.59. The van der Waals surface area contributed by atoms with Crippen molar-refractivity contribution < 1.29 is 27.8 Å². The molecule has 1 aromatic carbocycles. The summed E-state index contributed by atoms with van der Waals surface area (Å²) in [5.74, 6) is -0.989. The van der Waals surface area contributed by atoms with Crippen LogP contribution in [0.2, 0.25) is 0 Å². The van der Waals surface area contributed by atoms with E-state index in [-0.39, 0.29) is 6.61 Å². The van der Waals surface area contributed by atoms with E-state index in [9.17, 15) is 18.0 Å². The van der Waals surface area contributed by atoms with Crippen molar-refractivity contribution in [2.24, 2.45) is 0 Å². The number of alkyl halides is 3. The van der Waals surface area contributed by atoms with E-state index in [4.69, 9.17) is 9.84 Å². The molecule has 1 N–H and O–H groups in total. The highest BCUT2D eigenvalue weighted by atomic mass is 19.4. The molecular formula is C13H14F3NO3. The van der Waals surface area contributed by atoms with Gasteiger partial charge in [-0.15, -0.1) is 0 Å². The third-order valence-electron chi connectivity index (χ3n) is 3.19. The molecule has 0 radical (unpaired) electrons. The lowest BCUT2D eigenvalue weighted by atomic mass is 10.1. The molecule has 1 atom stereocenters. The zero-order valence-corrected chi connectivity index (χ0v) is 10.6. The van der Waals surface area contributed by atoms with Crippen LogP contribution in [0.1, 0.15) is 11.1 Å². The van der Waals surface area contributed by atoms with Crippen LogP contribution in [0.3, 0.4) is 0 Å². The smallest absolute Gasteiger partial charge is 0.416 e. The van der Waals surface area contributed by atoms with Gasteiger partial charge in [-0.3, -0.25) is 9.69 Å². The third-order valence-corrected chi connectivity index (χ3v) is 3.19. The lowest BCUT2D eigenvalue weighted by molar-refractivity contribution is -0.150. The first-order chi connectivity index (χ1) is 9.38. The summed E-state index contributed by atoms with van der Waals surface area (Å²) in [6.07, 6.45) is -4.36. The van der Waals surface area contributed by atoms with Crippen molar-refractivity contribution in [1.82, 2.24) is 4.90 Å². The summed E-state index contributed by atoms with van der Waals surface area (Å²) in [4.78, 5) is 12.8. The number of hydrogen-bond donors (Lipinski definition) is 1. The molecular weight excluding hydrogens is 275 g/mol. The number of carbonyl (C=O) groups is 1. The highest BCUT2D eigenvalue weighted by molar-refractivity contribution is 5.73. The molecule has 0 saturated carbocycles. The first-order valence-electron chi connectivity index (χ1n) is 6.08. The van der Waals surface area contributed by atoms with Crippen LogP contribution in [0.15, 0.2) is 24.3 Å². The highest BCUT2D eigenvalue weighted by Gasteiger charge is 2.31. The second kappa shape index (κ2) is 5.80. The molecule has 7 heteroatoms. The van der Waals surface area contributed by atoms with E-state index in [0.717, 1.165) is 12.1 Å². The van der Waals surface area contributed by atoms with E-state index in [2.05, 4.69) is 0 Å². The Bertz CT molecular complexity index is 473. The Kier molecular flexibility index (Phi) is 4.29. The fourth-order valence-corrected chi connectivity index (χ4v) is 2.09. The van der Waals surface area contributed by atoms with Crippen molar-refractivity contribution in [1.29, 1.82) is 0 Å². The molecule has 0 bridgehead atoms. The van der Waals surface area contributed by atoms with Crippen LogP contribution in [0.4, 0.5) is 13.2 Å². The number of benzene rings is 1. The van der Waals surface area contributed by atoms with Gasteiger partial charge in [-0.2, -0.15) is 13.2 Å². The Balaban J connectivity index is 2.07. The van der Waals surface area contributed by atoms with Crippen molar-refractivity contribution in [2.45, 2.75) is 18.8 Å². The minimum atomic E-state index is -4.36. The number of hydrogen-bond acceptors (Lipinski definition) is 3. The summed E-state index contributed by atoms with van der Waals surface area (Å²) in [6.45, 7) is 1.25. The SMILES string of the molecule is O=C(O)C1COCCN1Cc1ccc(C(F)(F)F)cc1. The molecule has 110 valence electrons. The Labute approximate surface area is 113 Å². The predicted octanol–water partition coefficient (Wildman–Crippen LogP) is 1.99. The van der Waals surface area contributed by atoms with Crippen LogP contribution < -0.4 is 0 Å². The first kappa shape index (κ1) is 14.8. The van der Waals surface area contributed by atoms with Crippen molar-refractivity contribution in [3.63, 3.8) is 0 Å². The third kappa shape index (κ3) is 3.49. The molecule has 1 heterocycles. The average Bonchev–Trinajstić information content (AvgIpc) is 2.38. The van der Waals surface area contributed by atoms with Crippen molar-refractivity contribution >= 4 is 5.97 Å². The fourth-order valence-electron chi connectivity index (χ4n) is 2.09. The van der Waals surface area contributed by atoms with E-state index >= 15 is 0 Å². The van der Waals surface area contributed by atoms with Crippen LogP contribution in [0.5, 0.6) is 0 Å². The number of halogens is 3. The highest BCUT2D eigenvalue weighted by Crippen LogP contribution is 2.29. The second-order valence-electron chi connectivity index (χ2n) is 4.59. The molecule has 1 aliphatic heterocycles. The number of rotatable bonds is 3. The van der Waals surface area contributed by atoms with Crippen LogP contribution in [0, 0.1) is 0 Å². The minimum Gasteiger partial charge on any atom is -0.480 e. The normalized spacial score (nSPS) is 20.9. The van der Waals surface area contributed by atoms with Gasteiger partial charge in [-0.25, -0.2) is 0 Å². The quantitative estimate of drug-likeness (QED) is 0.924. The Morgan fingerprint density at radius 1 is 1.35 bits per heavy atom. The number of morpholine rings is 1. The van der Waals surface area contributed by atoms with Gasteiger partial charge in [-0.1, -0.05) is 12.1 Å². The number of aliphatic carboxylic acids is 1. The minimum absolute atomic E-state index is 0.0932. The number of ether oxygens (including phenoxy) is 1. The number of carboxylic acids is 1. The first-order valence-corrected chi connectivity index (χ1v) is 6.08. The maximum atomic E-state index is 12.4. The summed E-state index contributed by atoms with van der Waals surface area (Å²) in [5, 5.41) is 9.07. The molecule has 0 aliphatic carbocycles. The van der Waals surface area contributed by atoms with Gasteiger partial charge >= 0.3 is 12.1 Å². The largest absolute Gasteiger partial charge is 0.480 e. The fraction of sp³-hybridized carbons (Fsp3) is 0.462. The molecule has 1 fully saturated rings. The van der Waals surface area contributed by atoms with Gasteiger partial charge in [0.15, 0.2) is 0 Å². The molecule has 0 aromatic heterocycles. The molecule has 1 aromatic rings.